The third-order valence-electron chi connectivity index (χ3n) is 4.92. The largest absolute Gasteiger partial charge is 0.396 e. The van der Waals surface area contributed by atoms with Crippen molar-refractivity contribution >= 4 is 0 Å². The maximum absolute atomic E-state index is 9.71. The second-order valence-electron chi connectivity index (χ2n) is 6.95. The summed E-state index contributed by atoms with van der Waals surface area (Å²) in [5.74, 6) is 0. The first-order chi connectivity index (χ1) is 13.3. The van der Waals surface area contributed by atoms with Crippen molar-refractivity contribution in [2.24, 2.45) is 0 Å². The zero-order valence-electron chi connectivity index (χ0n) is 16.0. The van der Waals surface area contributed by atoms with Crippen LogP contribution >= 0.6 is 0 Å². The number of pyridine rings is 1. The highest BCUT2D eigenvalue weighted by Gasteiger charge is 2.20. The van der Waals surface area contributed by atoms with Crippen molar-refractivity contribution in [1.29, 1.82) is 0 Å². The smallest absolute Gasteiger partial charge is 0.0449 e. The summed E-state index contributed by atoms with van der Waals surface area (Å²) in [5, 5.41) is 9.71. The van der Waals surface area contributed by atoms with E-state index < -0.39 is 0 Å². The topological polar surface area (TPSA) is 36.4 Å². The highest BCUT2D eigenvalue weighted by molar-refractivity contribution is 5.20. The predicted molar refractivity (Wildman–Crippen MR) is 110 cm³/mol. The summed E-state index contributed by atoms with van der Waals surface area (Å²) in [4.78, 5) is 6.94. The SMILES string of the molecule is Cc1ccc(C(CCO)N(CCc2ccccc2)Cc2ccccc2)cn1. The molecule has 0 amide bonds. The zero-order chi connectivity index (χ0) is 18.9. The van der Waals surface area contributed by atoms with Gasteiger partial charge in [0, 0.05) is 37.6 Å². The summed E-state index contributed by atoms with van der Waals surface area (Å²) < 4.78 is 0. The number of aromatic nitrogens is 1. The summed E-state index contributed by atoms with van der Waals surface area (Å²) in [7, 11) is 0. The van der Waals surface area contributed by atoms with E-state index in [9.17, 15) is 5.11 Å². The molecule has 2 aromatic carbocycles. The van der Waals surface area contributed by atoms with Crippen molar-refractivity contribution in [2.45, 2.75) is 32.4 Å². The second kappa shape index (κ2) is 10.0. The number of aliphatic hydroxyl groups excluding tert-OH is 1. The van der Waals surface area contributed by atoms with Gasteiger partial charge in [0.15, 0.2) is 0 Å². The van der Waals surface area contributed by atoms with Gasteiger partial charge in [-0.1, -0.05) is 66.7 Å². The average molecular weight is 361 g/mol. The van der Waals surface area contributed by atoms with E-state index in [1.807, 2.05) is 19.2 Å². The average Bonchev–Trinajstić information content (AvgIpc) is 2.72. The molecular weight excluding hydrogens is 332 g/mol. The van der Waals surface area contributed by atoms with Crippen molar-refractivity contribution in [3.8, 4) is 0 Å². The molecule has 140 valence electrons. The van der Waals surface area contributed by atoms with Crippen LogP contribution in [0.15, 0.2) is 79.0 Å². The van der Waals surface area contributed by atoms with Crippen LogP contribution in [-0.2, 0) is 13.0 Å². The monoisotopic (exact) mass is 360 g/mol. The Morgan fingerprint density at radius 3 is 2.15 bits per heavy atom. The van der Waals surface area contributed by atoms with Crippen LogP contribution in [0.25, 0.3) is 0 Å². The minimum absolute atomic E-state index is 0.145. The standard InChI is InChI=1S/C24H28N2O/c1-20-12-13-23(18-25-20)24(15-17-27)26(19-22-10-6-3-7-11-22)16-14-21-8-4-2-5-9-21/h2-13,18,24,27H,14-17,19H2,1H3. The van der Waals surface area contributed by atoms with Gasteiger partial charge in [0.1, 0.15) is 0 Å². The molecule has 3 heteroatoms. The first-order valence-corrected chi connectivity index (χ1v) is 9.61. The lowest BCUT2D eigenvalue weighted by atomic mass is 10.0. The fourth-order valence-electron chi connectivity index (χ4n) is 3.44. The number of aryl methyl sites for hydroxylation is 1. The molecule has 1 heterocycles. The van der Waals surface area contributed by atoms with Gasteiger partial charge in [-0.05, 0) is 42.5 Å². The molecule has 0 aliphatic heterocycles. The normalized spacial score (nSPS) is 12.3. The van der Waals surface area contributed by atoms with Gasteiger partial charge in [-0.3, -0.25) is 9.88 Å². The molecule has 1 N–H and O–H groups in total. The maximum atomic E-state index is 9.71. The summed E-state index contributed by atoms with van der Waals surface area (Å²) >= 11 is 0. The van der Waals surface area contributed by atoms with E-state index in [0.29, 0.717) is 6.42 Å². The van der Waals surface area contributed by atoms with Gasteiger partial charge in [0.05, 0.1) is 0 Å². The highest BCUT2D eigenvalue weighted by Crippen LogP contribution is 2.26. The number of rotatable bonds is 9. The van der Waals surface area contributed by atoms with Gasteiger partial charge in [-0.15, -0.1) is 0 Å². The van der Waals surface area contributed by atoms with Gasteiger partial charge in [0.25, 0.3) is 0 Å². The Morgan fingerprint density at radius 1 is 0.889 bits per heavy atom. The first kappa shape index (κ1) is 19.3. The minimum Gasteiger partial charge on any atom is -0.396 e. The van der Waals surface area contributed by atoms with Crippen LogP contribution in [-0.4, -0.2) is 28.1 Å². The van der Waals surface area contributed by atoms with Gasteiger partial charge >= 0.3 is 0 Å². The van der Waals surface area contributed by atoms with E-state index in [4.69, 9.17) is 0 Å². The zero-order valence-corrected chi connectivity index (χ0v) is 16.0. The molecule has 3 nitrogen and oxygen atoms in total. The van der Waals surface area contributed by atoms with E-state index in [2.05, 4.69) is 76.6 Å². The Kier molecular flexibility index (Phi) is 7.14. The third kappa shape index (κ3) is 5.75. The van der Waals surface area contributed by atoms with Crippen LogP contribution in [0.4, 0.5) is 0 Å². The number of benzene rings is 2. The molecule has 0 saturated carbocycles. The lowest BCUT2D eigenvalue weighted by Gasteiger charge is -2.32. The molecule has 1 aromatic heterocycles. The summed E-state index contributed by atoms with van der Waals surface area (Å²) in [5.41, 5.74) is 4.80. The number of aliphatic hydroxyl groups is 1. The number of nitrogens with zero attached hydrogens (tertiary/aromatic N) is 2. The maximum Gasteiger partial charge on any atom is 0.0449 e. The summed E-state index contributed by atoms with van der Waals surface area (Å²) in [6.45, 7) is 3.95. The van der Waals surface area contributed by atoms with Crippen LogP contribution < -0.4 is 0 Å². The van der Waals surface area contributed by atoms with Gasteiger partial charge in [0.2, 0.25) is 0 Å². The lowest BCUT2D eigenvalue weighted by molar-refractivity contribution is 0.150. The molecule has 0 radical (unpaired) electrons. The molecule has 0 aliphatic rings. The third-order valence-corrected chi connectivity index (χ3v) is 4.92. The van der Waals surface area contributed by atoms with E-state index in [-0.39, 0.29) is 12.6 Å². The van der Waals surface area contributed by atoms with E-state index >= 15 is 0 Å². The summed E-state index contributed by atoms with van der Waals surface area (Å²) in [6, 6.07) is 25.5. The van der Waals surface area contributed by atoms with Crippen molar-refractivity contribution in [2.75, 3.05) is 13.2 Å². The lowest BCUT2D eigenvalue weighted by Crippen LogP contribution is -2.31. The fraction of sp³-hybridized carbons (Fsp3) is 0.292. The Balaban J connectivity index is 1.83. The highest BCUT2D eigenvalue weighted by atomic mass is 16.3. The number of hydrogen-bond donors (Lipinski definition) is 1. The molecule has 3 rings (SSSR count). The molecule has 1 unspecified atom stereocenters. The van der Waals surface area contributed by atoms with E-state index in [1.165, 1.54) is 16.7 Å². The van der Waals surface area contributed by atoms with Crippen molar-refractivity contribution in [1.82, 2.24) is 9.88 Å². The Bertz CT molecular complexity index is 788. The van der Waals surface area contributed by atoms with Gasteiger partial charge in [-0.25, -0.2) is 0 Å². The Hall–Kier alpha value is -2.49. The van der Waals surface area contributed by atoms with Crippen LogP contribution in [0.5, 0.6) is 0 Å². The Morgan fingerprint density at radius 2 is 1.56 bits per heavy atom. The molecule has 3 aromatic rings. The molecule has 0 aliphatic carbocycles. The molecular formula is C24H28N2O. The molecule has 0 fully saturated rings. The molecule has 27 heavy (non-hydrogen) atoms. The van der Waals surface area contributed by atoms with Crippen molar-refractivity contribution < 1.29 is 5.11 Å². The van der Waals surface area contributed by atoms with Gasteiger partial charge in [-0.2, -0.15) is 0 Å². The van der Waals surface area contributed by atoms with Gasteiger partial charge < -0.3 is 5.11 Å². The fourth-order valence-corrected chi connectivity index (χ4v) is 3.44. The van der Waals surface area contributed by atoms with E-state index in [1.54, 1.807) is 0 Å². The predicted octanol–water partition coefficient (Wildman–Crippen LogP) is 4.56. The second-order valence-corrected chi connectivity index (χ2v) is 6.95. The van der Waals surface area contributed by atoms with E-state index in [0.717, 1.165) is 25.2 Å². The molecule has 1 atom stereocenters. The van der Waals surface area contributed by atoms with Crippen molar-refractivity contribution in [3.63, 3.8) is 0 Å². The quantitative estimate of drug-likeness (QED) is 0.608. The van der Waals surface area contributed by atoms with Crippen LogP contribution in [0.1, 0.15) is 34.8 Å². The van der Waals surface area contributed by atoms with Crippen molar-refractivity contribution in [3.05, 3.63) is 101 Å². The Labute approximate surface area is 162 Å². The molecule has 0 spiro atoms. The van der Waals surface area contributed by atoms with Crippen LogP contribution in [0.2, 0.25) is 0 Å². The minimum atomic E-state index is 0.145. The van der Waals surface area contributed by atoms with Crippen LogP contribution in [0.3, 0.4) is 0 Å². The molecule has 0 bridgehead atoms. The summed E-state index contributed by atoms with van der Waals surface area (Å²) in [6.07, 6.45) is 3.64. The molecule has 0 saturated heterocycles. The first-order valence-electron chi connectivity index (χ1n) is 9.61. The number of hydrogen-bond acceptors (Lipinski definition) is 3. The van der Waals surface area contributed by atoms with Crippen LogP contribution in [0, 0.1) is 6.92 Å².